The number of benzene rings is 2. The first-order valence-corrected chi connectivity index (χ1v) is 16.0. The van der Waals surface area contributed by atoms with Crippen LogP contribution in [-0.4, -0.2) is 35.8 Å². The highest BCUT2D eigenvalue weighted by Gasteiger charge is 2.35. The van der Waals surface area contributed by atoms with Crippen LogP contribution in [0.25, 0.3) is 17.4 Å². The highest BCUT2D eigenvalue weighted by atomic mass is 79.9. The third-order valence-corrected chi connectivity index (χ3v) is 8.52. The maximum Gasteiger partial charge on any atom is 0.338 e. The van der Waals surface area contributed by atoms with Gasteiger partial charge in [0.2, 0.25) is 0 Å². The van der Waals surface area contributed by atoms with E-state index in [-0.39, 0.29) is 29.3 Å². The maximum absolute atomic E-state index is 14.1. The second kappa shape index (κ2) is 13.0. The molecule has 5 rings (SSSR count). The molecule has 1 aliphatic heterocycles. The molecule has 4 aromatic rings. The first kappa shape index (κ1) is 32.2. The summed E-state index contributed by atoms with van der Waals surface area (Å²) in [4.78, 5) is 44.9. The normalized spacial score (nSPS) is 14.9. The molecule has 0 N–H and O–H groups in total. The maximum atomic E-state index is 14.1. The Labute approximate surface area is 272 Å². The largest absolute Gasteiger partial charge is 0.496 e. The number of hydrogen-bond donors (Lipinski definition) is 0. The molecule has 0 unspecified atom stereocenters. The number of rotatable bonds is 8. The molecule has 234 valence electrons. The molecule has 0 saturated carbocycles. The highest BCUT2D eigenvalue weighted by molar-refractivity contribution is 9.10. The van der Waals surface area contributed by atoms with E-state index in [4.69, 9.17) is 18.6 Å². The molecule has 0 bridgehead atoms. The molecule has 11 heteroatoms. The molecule has 0 amide bonds. The summed E-state index contributed by atoms with van der Waals surface area (Å²) in [5.74, 6) is 0.620. The average Bonchev–Trinajstić information content (AvgIpc) is 3.55. The van der Waals surface area contributed by atoms with Crippen molar-refractivity contribution >= 4 is 45.3 Å². The van der Waals surface area contributed by atoms with E-state index in [1.165, 1.54) is 15.9 Å². The smallest absolute Gasteiger partial charge is 0.338 e. The molecule has 0 aliphatic carbocycles. The first-order chi connectivity index (χ1) is 21.4. The van der Waals surface area contributed by atoms with Gasteiger partial charge in [-0.05, 0) is 89.6 Å². The Bertz CT molecular complexity index is 2020. The molecule has 0 fully saturated rings. The lowest BCUT2D eigenvalue weighted by Crippen LogP contribution is -2.40. The number of nitrogens with zero attached hydrogens (tertiary/aromatic N) is 2. The van der Waals surface area contributed by atoms with Crippen molar-refractivity contribution in [1.29, 1.82) is 0 Å². The van der Waals surface area contributed by atoms with E-state index in [1.807, 2.05) is 31.2 Å². The summed E-state index contributed by atoms with van der Waals surface area (Å²) in [7, 11) is 1.54. The summed E-state index contributed by atoms with van der Waals surface area (Å²) in [6.07, 6.45) is 1.08. The van der Waals surface area contributed by atoms with Crippen molar-refractivity contribution in [2.75, 3.05) is 7.11 Å². The van der Waals surface area contributed by atoms with E-state index in [1.54, 1.807) is 72.1 Å². The summed E-state index contributed by atoms with van der Waals surface area (Å²) in [6.45, 7) is 10.8. The van der Waals surface area contributed by atoms with Gasteiger partial charge in [0.1, 0.15) is 23.3 Å². The number of furan rings is 1. The van der Waals surface area contributed by atoms with Gasteiger partial charge in [-0.3, -0.25) is 9.36 Å². The predicted octanol–water partition coefficient (Wildman–Crippen LogP) is 6.09. The van der Waals surface area contributed by atoms with Crippen molar-refractivity contribution in [3.63, 3.8) is 0 Å². The lowest BCUT2D eigenvalue weighted by Gasteiger charge is -2.26. The monoisotopic (exact) mass is 692 g/mol. The standard InChI is InChI=1S/C34H33BrN2O7S/c1-17(2)42-32(39)21-8-11-24(19(5)14-21)27-13-10-23(44-27)16-28-31(38)37-30(25-15-22(35)9-12-26(25)41-7)29(33(40)43-18(3)4)20(6)36-34(37)45-28/h8-18,30H,1-7H3/b28-16-/t30-/m1/s1. The van der Waals surface area contributed by atoms with Crippen molar-refractivity contribution in [2.24, 2.45) is 4.99 Å². The fraction of sp³-hybridized carbons (Fsp3) is 0.294. The minimum absolute atomic E-state index is 0.215. The van der Waals surface area contributed by atoms with E-state index in [0.29, 0.717) is 43.4 Å². The zero-order valence-electron chi connectivity index (χ0n) is 26.0. The Morgan fingerprint density at radius 3 is 2.38 bits per heavy atom. The third kappa shape index (κ3) is 6.60. The number of carbonyl (C=O) groups is 2. The van der Waals surface area contributed by atoms with Crippen molar-refractivity contribution in [2.45, 2.75) is 59.8 Å². The predicted molar refractivity (Wildman–Crippen MR) is 175 cm³/mol. The zero-order valence-corrected chi connectivity index (χ0v) is 28.4. The molecule has 0 spiro atoms. The summed E-state index contributed by atoms with van der Waals surface area (Å²) >= 11 is 4.72. The van der Waals surface area contributed by atoms with Gasteiger partial charge in [0.05, 0.1) is 40.7 Å². The molecular weight excluding hydrogens is 660 g/mol. The number of hydrogen-bond acceptors (Lipinski definition) is 9. The number of ether oxygens (including phenoxy) is 3. The van der Waals surface area contributed by atoms with Crippen LogP contribution in [0.1, 0.15) is 67.9 Å². The molecule has 1 aliphatic rings. The van der Waals surface area contributed by atoms with Gasteiger partial charge in [-0.1, -0.05) is 33.3 Å². The van der Waals surface area contributed by atoms with Crippen molar-refractivity contribution in [3.05, 3.63) is 106 Å². The zero-order chi connectivity index (χ0) is 32.6. The molecule has 9 nitrogen and oxygen atoms in total. The van der Waals surface area contributed by atoms with E-state index in [0.717, 1.165) is 15.6 Å². The first-order valence-electron chi connectivity index (χ1n) is 14.4. The van der Waals surface area contributed by atoms with E-state index < -0.39 is 12.0 Å². The van der Waals surface area contributed by atoms with Gasteiger partial charge in [0.25, 0.3) is 5.56 Å². The molecule has 45 heavy (non-hydrogen) atoms. The van der Waals surface area contributed by atoms with Crippen LogP contribution in [0.2, 0.25) is 0 Å². The van der Waals surface area contributed by atoms with E-state index >= 15 is 0 Å². The lowest BCUT2D eigenvalue weighted by atomic mass is 9.95. The Kier molecular flexibility index (Phi) is 9.31. The van der Waals surface area contributed by atoms with Gasteiger partial charge in [0.15, 0.2) is 4.80 Å². The minimum atomic E-state index is -0.835. The molecule has 3 heterocycles. The number of esters is 2. The van der Waals surface area contributed by atoms with Crippen LogP contribution in [-0.2, 0) is 14.3 Å². The molecular formula is C34H33BrN2O7S. The summed E-state index contributed by atoms with van der Waals surface area (Å²) in [5.41, 5.74) is 3.10. The van der Waals surface area contributed by atoms with E-state index in [9.17, 15) is 14.4 Å². The summed E-state index contributed by atoms with van der Waals surface area (Å²) in [6, 6.07) is 13.5. The van der Waals surface area contributed by atoms with Crippen LogP contribution >= 0.6 is 27.3 Å². The lowest BCUT2D eigenvalue weighted by molar-refractivity contribution is -0.143. The van der Waals surface area contributed by atoms with Gasteiger partial charge in [-0.2, -0.15) is 0 Å². The van der Waals surface area contributed by atoms with Crippen LogP contribution in [0.3, 0.4) is 0 Å². The number of fused-ring (bicyclic) bond motifs is 1. The van der Waals surface area contributed by atoms with Gasteiger partial charge in [0, 0.05) is 21.7 Å². The van der Waals surface area contributed by atoms with Crippen molar-refractivity contribution < 1.29 is 28.2 Å². The van der Waals surface area contributed by atoms with Gasteiger partial charge in [-0.25, -0.2) is 14.6 Å². The number of carbonyl (C=O) groups excluding carboxylic acids is 2. The number of halogens is 1. The third-order valence-electron chi connectivity index (χ3n) is 7.04. The number of methoxy groups -OCH3 is 1. The van der Waals surface area contributed by atoms with Crippen LogP contribution < -0.4 is 19.6 Å². The molecule has 0 radical (unpaired) electrons. The Morgan fingerprint density at radius 2 is 1.71 bits per heavy atom. The highest BCUT2D eigenvalue weighted by Crippen LogP contribution is 2.37. The Morgan fingerprint density at radius 1 is 1.00 bits per heavy atom. The SMILES string of the molecule is COc1ccc(Br)cc1[C@@H]1C(C(=O)OC(C)C)=C(C)N=c2s/c(=C\c3ccc(-c4ccc(C(=O)OC(C)C)cc4C)o3)c(=O)n21. The molecule has 2 aromatic heterocycles. The second-order valence-corrected chi connectivity index (χ2v) is 13.0. The number of thiazole rings is 1. The number of allylic oxidation sites excluding steroid dienone is 1. The van der Waals surface area contributed by atoms with Gasteiger partial charge >= 0.3 is 11.9 Å². The fourth-order valence-corrected chi connectivity index (χ4v) is 6.53. The molecule has 1 atom stereocenters. The van der Waals surface area contributed by atoms with Gasteiger partial charge in [-0.15, -0.1) is 0 Å². The van der Waals surface area contributed by atoms with Crippen LogP contribution in [0.4, 0.5) is 0 Å². The van der Waals surface area contributed by atoms with Crippen LogP contribution in [0.15, 0.2) is 78.5 Å². The quantitative estimate of drug-likeness (QED) is 0.206. The van der Waals surface area contributed by atoms with Crippen LogP contribution in [0.5, 0.6) is 5.75 Å². The number of aryl methyl sites for hydroxylation is 1. The minimum Gasteiger partial charge on any atom is -0.496 e. The molecule has 2 aromatic carbocycles. The second-order valence-electron chi connectivity index (χ2n) is 11.1. The van der Waals surface area contributed by atoms with Crippen molar-refractivity contribution in [1.82, 2.24) is 4.57 Å². The van der Waals surface area contributed by atoms with Crippen molar-refractivity contribution in [3.8, 4) is 17.1 Å². The summed E-state index contributed by atoms with van der Waals surface area (Å²) in [5, 5.41) is 0. The average molecular weight is 694 g/mol. The van der Waals surface area contributed by atoms with Crippen LogP contribution in [0, 0.1) is 6.92 Å². The summed E-state index contributed by atoms with van der Waals surface area (Å²) < 4.78 is 25.3. The number of aromatic nitrogens is 1. The van der Waals surface area contributed by atoms with E-state index in [2.05, 4.69) is 20.9 Å². The molecule has 0 saturated heterocycles. The fourth-order valence-electron chi connectivity index (χ4n) is 5.13. The topological polar surface area (TPSA) is 109 Å². The van der Waals surface area contributed by atoms with Gasteiger partial charge < -0.3 is 18.6 Å². The Balaban J connectivity index is 1.59. The Hall–Kier alpha value is -4.22.